The molecule has 1 aliphatic rings. The minimum absolute atomic E-state index is 0.101. The summed E-state index contributed by atoms with van der Waals surface area (Å²) in [7, 11) is 0. The topological polar surface area (TPSA) is 67.3 Å². The Bertz CT molecular complexity index is 633. The smallest absolute Gasteiger partial charge is 0.345 e. The Morgan fingerprint density at radius 1 is 1.24 bits per heavy atom. The summed E-state index contributed by atoms with van der Waals surface area (Å²) in [5, 5.41) is 3.84. The minimum Gasteiger partial charge on any atom is -0.357 e. The van der Waals surface area contributed by atoms with Crippen LogP contribution in [0.25, 0.3) is 0 Å². The number of nitrogens with one attached hydrogen (secondary N) is 1. The van der Waals surface area contributed by atoms with Crippen molar-refractivity contribution in [3.05, 3.63) is 58.3 Å². The Morgan fingerprint density at radius 3 is 3.00 bits per heavy atom. The highest BCUT2D eigenvalue weighted by molar-refractivity contribution is 5.74. The van der Waals surface area contributed by atoms with Crippen molar-refractivity contribution in [2.24, 2.45) is 5.16 Å². The first-order valence-corrected chi connectivity index (χ1v) is 5.19. The van der Waals surface area contributed by atoms with E-state index >= 15 is 0 Å². The second-order valence-electron chi connectivity index (χ2n) is 3.69. The first-order valence-electron chi connectivity index (χ1n) is 5.19. The molecular formula is C12H9N3O2. The van der Waals surface area contributed by atoms with Crippen LogP contribution in [-0.4, -0.2) is 16.2 Å². The van der Waals surface area contributed by atoms with Gasteiger partial charge >= 0.3 is 5.69 Å². The lowest BCUT2D eigenvalue weighted by atomic mass is 9.95. The molecular weight excluding hydrogens is 218 g/mol. The number of fused-ring (bicyclic) bond motifs is 1. The Morgan fingerprint density at radius 2 is 2.12 bits per heavy atom. The van der Waals surface area contributed by atoms with Gasteiger partial charge in [-0.3, -0.25) is 0 Å². The third-order valence-corrected chi connectivity index (χ3v) is 2.65. The van der Waals surface area contributed by atoms with Crippen LogP contribution in [0.1, 0.15) is 17.2 Å². The summed E-state index contributed by atoms with van der Waals surface area (Å²) in [4.78, 5) is 22.7. The summed E-state index contributed by atoms with van der Waals surface area (Å²) in [6.07, 6.45) is 3.15. The predicted octanol–water partition coefficient (Wildman–Crippen LogP) is 1.28. The van der Waals surface area contributed by atoms with Gasteiger partial charge in [0.1, 0.15) is 0 Å². The standard InChI is InChI=1S/C12H9N3O2/c16-12-13-6-5-10(15-12)9-7-14-17-11-4-2-1-3-8(9)11/h1-7,9H,(H,13,15,16). The van der Waals surface area contributed by atoms with E-state index in [1.54, 1.807) is 12.3 Å². The number of hydrogen-bond acceptors (Lipinski definition) is 4. The molecule has 1 N–H and O–H groups in total. The molecule has 0 fully saturated rings. The van der Waals surface area contributed by atoms with Crippen molar-refractivity contribution in [1.29, 1.82) is 0 Å². The maximum Gasteiger partial charge on any atom is 0.345 e. The van der Waals surface area contributed by atoms with Crippen LogP contribution in [0.4, 0.5) is 0 Å². The molecule has 84 valence electrons. The lowest BCUT2D eigenvalue weighted by Crippen LogP contribution is -2.17. The number of rotatable bonds is 1. The van der Waals surface area contributed by atoms with Gasteiger partial charge in [0.15, 0.2) is 5.75 Å². The summed E-state index contributed by atoms with van der Waals surface area (Å²) >= 11 is 0. The molecule has 1 unspecified atom stereocenters. The van der Waals surface area contributed by atoms with E-state index in [1.807, 2.05) is 24.3 Å². The largest absolute Gasteiger partial charge is 0.357 e. The van der Waals surface area contributed by atoms with E-state index < -0.39 is 0 Å². The molecule has 0 aliphatic carbocycles. The van der Waals surface area contributed by atoms with Crippen LogP contribution < -0.4 is 10.5 Å². The zero-order chi connectivity index (χ0) is 11.7. The second-order valence-corrected chi connectivity index (χ2v) is 3.69. The summed E-state index contributed by atoms with van der Waals surface area (Å²) in [6.45, 7) is 0. The van der Waals surface area contributed by atoms with E-state index in [0.717, 1.165) is 11.3 Å². The number of nitrogens with zero attached hydrogens (tertiary/aromatic N) is 2. The number of aromatic amines is 1. The molecule has 2 aromatic rings. The molecule has 0 saturated carbocycles. The molecule has 1 aromatic heterocycles. The number of hydrogen-bond donors (Lipinski definition) is 1. The van der Waals surface area contributed by atoms with Gasteiger partial charge in [0.25, 0.3) is 0 Å². The van der Waals surface area contributed by atoms with Crippen molar-refractivity contribution in [1.82, 2.24) is 9.97 Å². The predicted molar refractivity (Wildman–Crippen MR) is 62.3 cm³/mol. The maximum absolute atomic E-state index is 11.2. The Balaban J connectivity index is 2.12. The van der Waals surface area contributed by atoms with Crippen molar-refractivity contribution in [3.63, 3.8) is 0 Å². The van der Waals surface area contributed by atoms with Crippen molar-refractivity contribution in [2.75, 3.05) is 0 Å². The summed E-state index contributed by atoms with van der Waals surface area (Å²) < 4.78 is 0. The van der Waals surface area contributed by atoms with Gasteiger partial charge < -0.3 is 9.82 Å². The van der Waals surface area contributed by atoms with Crippen LogP contribution in [0.5, 0.6) is 5.75 Å². The summed E-state index contributed by atoms with van der Waals surface area (Å²) in [5.41, 5.74) is 1.37. The maximum atomic E-state index is 11.2. The van der Waals surface area contributed by atoms with Crippen LogP contribution in [0.15, 0.2) is 46.5 Å². The van der Waals surface area contributed by atoms with Crippen molar-refractivity contribution in [3.8, 4) is 5.75 Å². The molecule has 0 saturated heterocycles. The molecule has 3 rings (SSSR count). The fraction of sp³-hybridized carbons (Fsp3) is 0.0833. The molecule has 5 heteroatoms. The van der Waals surface area contributed by atoms with Crippen molar-refractivity contribution < 1.29 is 4.84 Å². The number of aromatic nitrogens is 2. The first-order chi connectivity index (χ1) is 8.34. The Labute approximate surface area is 96.8 Å². The van der Waals surface area contributed by atoms with Crippen molar-refractivity contribution in [2.45, 2.75) is 5.92 Å². The van der Waals surface area contributed by atoms with Gasteiger partial charge in [-0.15, -0.1) is 0 Å². The van der Waals surface area contributed by atoms with Crippen molar-refractivity contribution >= 4 is 6.21 Å². The summed E-state index contributed by atoms with van der Waals surface area (Å²) in [5.74, 6) is 0.605. The van der Waals surface area contributed by atoms with Crippen LogP contribution >= 0.6 is 0 Å². The second kappa shape index (κ2) is 3.86. The monoisotopic (exact) mass is 227 g/mol. The Hall–Kier alpha value is -2.43. The minimum atomic E-state index is -0.361. The third kappa shape index (κ3) is 1.71. The van der Waals surface area contributed by atoms with E-state index in [2.05, 4.69) is 15.1 Å². The Kier molecular flexibility index (Phi) is 2.22. The zero-order valence-corrected chi connectivity index (χ0v) is 8.83. The fourth-order valence-electron chi connectivity index (χ4n) is 1.86. The van der Waals surface area contributed by atoms with Gasteiger partial charge in [-0.1, -0.05) is 23.4 Å². The van der Waals surface area contributed by atoms with Crippen LogP contribution in [-0.2, 0) is 0 Å². The molecule has 0 spiro atoms. The van der Waals surface area contributed by atoms with E-state index in [4.69, 9.17) is 4.84 Å². The van der Waals surface area contributed by atoms with E-state index in [-0.39, 0.29) is 11.6 Å². The van der Waals surface area contributed by atoms with Crippen LogP contribution in [0, 0.1) is 0 Å². The van der Waals surface area contributed by atoms with Gasteiger partial charge in [0.2, 0.25) is 0 Å². The zero-order valence-electron chi connectivity index (χ0n) is 8.83. The number of para-hydroxylation sites is 1. The first kappa shape index (κ1) is 9.77. The van der Waals surface area contributed by atoms with E-state index in [0.29, 0.717) is 5.75 Å². The van der Waals surface area contributed by atoms with Crippen LogP contribution in [0.2, 0.25) is 0 Å². The third-order valence-electron chi connectivity index (χ3n) is 2.65. The quantitative estimate of drug-likeness (QED) is 0.797. The van der Waals surface area contributed by atoms with Gasteiger partial charge in [-0.25, -0.2) is 9.78 Å². The van der Waals surface area contributed by atoms with Crippen LogP contribution in [0.3, 0.4) is 0 Å². The van der Waals surface area contributed by atoms with Gasteiger partial charge in [-0.2, -0.15) is 0 Å². The molecule has 17 heavy (non-hydrogen) atoms. The lowest BCUT2D eigenvalue weighted by molar-refractivity contribution is 0.331. The number of benzene rings is 1. The average molecular weight is 227 g/mol. The molecule has 0 bridgehead atoms. The van der Waals surface area contributed by atoms with E-state index in [9.17, 15) is 4.79 Å². The molecule has 0 amide bonds. The molecule has 1 atom stereocenters. The van der Waals surface area contributed by atoms with E-state index in [1.165, 1.54) is 6.20 Å². The highest BCUT2D eigenvalue weighted by Crippen LogP contribution is 2.32. The lowest BCUT2D eigenvalue weighted by Gasteiger charge is -2.18. The molecule has 5 nitrogen and oxygen atoms in total. The highest BCUT2D eigenvalue weighted by Gasteiger charge is 2.20. The fourth-order valence-corrected chi connectivity index (χ4v) is 1.86. The number of oxime groups is 1. The summed E-state index contributed by atoms with van der Waals surface area (Å²) in [6, 6.07) is 9.36. The molecule has 2 heterocycles. The SMILES string of the molecule is O=c1nccc(C2C=NOc3ccccc32)[nH]1. The van der Waals surface area contributed by atoms with Gasteiger partial charge in [0, 0.05) is 17.5 Å². The molecule has 1 aliphatic heterocycles. The van der Waals surface area contributed by atoms with Gasteiger partial charge in [0.05, 0.1) is 12.1 Å². The highest BCUT2D eigenvalue weighted by atomic mass is 16.6. The normalized spacial score (nSPS) is 17.3. The molecule has 1 aromatic carbocycles. The molecule has 0 radical (unpaired) electrons. The average Bonchev–Trinajstić information content (AvgIpc) is 2.38. The van der Waals surface area contributed by atoms with Gasteiger partial charge in [-0.05, 0) is 12.1 Å². The number of H-pyrrole nitrogens is 1.